The summed E-state index contributed by atoms with van der Waals surface area (Å²) >= 11 is 0. The standard InChI is InChI=1S/C59H112O5/c1-4-7-10-13-16-19-22-25-27-29-30-32-33-35-37-40-43-46-49-52-58(60)63-56-57(55-62-54-51-48-45-42-39-24-21-18-15-12-9-6-3)64-59(61)53-50-47-44-41-38-36-34-31-28-26-23-20-17-14-11-8-5-2/h16,19,25,27,57H,4-15,17-18,20-24,26,28-56H2,1-3H3/b19-16-,27-25-. The van der Waals surface area contributed by atoms with Crippen molar-refractivity contribution >= 4 is 11.9 Å². The van der Waals surface area contributed by atoms with Gasteiger partial charge in [-0.1, -0.05) is 276 Å². The Kier molecular flexibility index (Phi) is 54.3. The summed E-state index contributed by atoms with van der Waals surface area (Å²) in [7, 11) is 0. The van der Waals surface area contributed by atoms with E-state index in [1.807, 2.05) is 0 Å². The molecule has 64 heavy (non-hydrogen) atoms. The molecule has 0 aliphatic heterocycles. The summed E-state index contributed by atoms with van der Waals surface area (Å²) in [5, 5.41) is 0. The van der Waals surface area contributed by atoms with E-state index in [9.17, 15) is 9.59 Å². The highest BCUT2D eigenvalue weighted by Crippen LogP contribution is 2.17. The van der Waals surface area contributed by atoms with Crippen LogP contribution in [0.15, 0.2) is 24.3 Å². The molecule has 0 rings (SSSR count). The number of rotatable bonds is 54. The number of hydrogen-bond donors (Lipinski definition) is 0. The quantitative estimate of drug-likeness (QED) is 0.0346. The molecule has 0 N–H and O–H groups in total. The first-order valence-corrected chi connectivity index (χ1v) is 28.9. The molecule has 0 radical (unpaired) electrons. The van der Waals surface area contributed by atoms with E-state index in [1.54, 1.807) is 0 Å². The molecule has 0 fully saturated rings. The first kappa shape index (κ1) is 62.4. The van der Waals surface area contributed by atoms with Crippen LogP contribution in [0.25, 0.3) is 0 Å². The molecule has 5 heteroatoms. The lowest BCUT2D eigenvalue weighted by Crippen LogP contribution is -2.30. The summed E-state index contributed by atoms with van der Waals surface area (Å²) in [5.74, 6) is -0.378. The first-order chi connectivity index (χ1) is 31.6. The van der Waals surface area contributed by atoms with Gasteiger partial charge in [0.05, 0.1) is 6.61 Å². The van der Waals surface area contributed by atoms with Crippen molar-refractivity contribution in [2.24, 2.45) is 0 Å². The van der Waals surface area contributed by atoms with Crippen molar-refractivity contribution in [3.8, 4) is 0 Å². The van der Waals surface area contributed by atoms with E-state index in [1.165, 1.54) is 244 Å². The molecule has 378 valence electrons. The second-order valence-electron chi connectivity index (χ2n) is 19.6. The van der Waals surface area contributed by atoms with Gasteiger partial charge in [-0.15, -0.1) is 0 Å². The van der Waals surface area contributed by atoms with Crippen LogP contribution in [0, 0.1) is 0 Å². The number of carbonyl (C=O) groups is 2. The maximum Gasteiger partial charge on any atom is 0.306 e. The van der Waals surface area contributed by atoms with E-state index < -0.39 is 6.10 Å². The fraction of sp³-hybridized carbons (Fsp3) is 0.898. The predicted molar refractivity (Wildman–Crippen MR) is 279 cm³/mol. The van der Waals surface area contributed by atoms with Gasteiger partial charge in [-0.3, -0.25) is 9.59 Å². The molecular weight excluding hydrogens is 789 g/mol. The average molecular weight is 902 g/mol. The summed E-state index contributed by atoms with van der Waals surface area (Å²) in [5.41, 5.74) is 0. The van der Waals surface area contributed by atoms with E-state index in [2.05, 4.69) is 45.1 Å². The molecule has 5 nitrogen and oxygen atoms in total. The van der Waals surface area contributed by atoms with Gasteiger partial charge in [0, 0.05) is 19.4 Å². The fourth-order valence-corrected chi connectivity index (χ4v) is 8.66. The third kappa shape index (κ3) is 53.0. The Hall–Kier alpha value is -1.62. The lowest BCUT2D eigenvalue weighted by molar-refractivity contribution is -0.163. The van der Waals surface area contributed by atoms with Gasteiger partial charge in [-0.05, 0) is 51.4 Å². The van der Waals surface area contributed by atoms with Crippen LogP contribution < -0.4 is 0 Å². The normalized spacial score (nSPS) is 12.2. The highest BCUT2D eigenvalue weighted by molar-refractivity contribution is 5.70. The van der Waals surface area contributed by atoms with E-state index >= 15 is 0 Å². The van der Waals surface area contributed by atoms with Gasteiger partial charge < -0.3 is 14.2 Å². The summed E-state index contributed by atoms with van der Waals surface area (Å²) in [6.07, 6.45) is 66.2. The molecule has 1 atom stereocenters. The number of ether oxygens (including phenoxy) is 3. The van der Waals surface area contributed by atoms with Crippen LogP contribution in [0.2, 0.25) is 0 Å². The minimum Gasteiger partial charge on any atom is -0.462 e. The van der Waals surface area contributed by atoms with Crippen LogP contribution in [0.4, 0.5) is 0 Å². The molecule has 0 heterocycles. The summed E-state index contributed by atoms with van der Waals surface area (Å²) < 4.78 is 17.5. The Labute approximate surface area is 400 Å². The Morgan fingerprint density at radius 3 is 1.06 bits per heavy atom. The Bertz CT molecular complexity index is 974. The van der Waals surface area contributed by atoms with Crippen molar-refractivity contribution in [1.29, 1.82) is 0 Å². The lowest BCUT2D eigenvalue weighted by Gasteiger charge is -2.18. The highest BCUT2D eigenvalue weighted by atomic mass is 16.6. The smallest absolute Gasteiger partial charge is 0.306 e. The minimum absolute atomic E-state index is 0.0913. The summed E-state index contributed by atoms with van der Waals surface area (Å²) in [4.78, 5) is 25.5. The van der Waals surface area contributed by atoms with Crippen LogP contribution in [0.5, 0.6) is 0 Å². The maximum absolute atomic E-state index is 12.8. The number of hydrogen-bond acceptors (Lipinski definition) is 5. The SMILES string of the molecule is CCCCC/C=C\C/C=C\CCCCCCCCCCCC(=O)OCC(COCCCCCCCCCCCCCC)OC(=O)CCCCCCCCCCCCCCCCCCC. The Morgan fingerprint density at radius 1 is 0.344 bits per heavy atom. The summed E-state index contributed by atoms with van der Waals surface area (Å²) in [6, 6.07) is 0. The van der Waals surface area contributed by atoms with Gasteiger partial charge in [-0.25, -0.2) is 0 Å². The van der Waals surface area contributed by atoms with Gasteiger partial charge in [0.25, 0.3) is 0 Å². The van der Waals surface area contributed by atoms with Crippen molar-refractivity contribution in [2.75, 3.05) is 19.8 Å². The number of esters is 2. The Morgan fingerprint density at radius 2 is 0.656 bits per heavy atom. The van der Waals surface area contributed by atoms with E-state index in [-0.39, 0.29) is 18.5 Å². The zero-order valence-electron chi connectivity index (χ0n) is 43.6. The van der Waals surface area contributed by atoms with Gasteiger partial charge in [0.15, 0.2) is 6.10 Å². The zero-order chi connectivity index (χ0) is 46.3. The van der Waals surface area contributed by atoms with Gasteiger partial charge in [-0.2, -0.15) is 0 Å². The molecular formula is C59H112O5. The van der Waals surface area contributed by atoms with Crippen molar-refractivity contribution in [3.05, 3.63) is 24.3 Å². The third-order valence-electron chi connectivity index (χ3n) is 13.0. The highest BCUT2D eigenvalue weighted by Gasteiger charge is 2.17. The zero-order valence-corrected chi connectivity index (χ0v) is 43.6. The van der Waals surface area contributed by atoms with Crippen molar-refractivity contribution in [2.45, 2.75) is 322 Å². The molecule has 1 unspecified atom stereocenters. The third-order valence-corrected chi connectivity index (χ3v) is 13.0. The van der Waals surface area contributed by atoms with Crippen molar-refractivity contribution in [1.82, 2.24) is 0 Å². The lowest BCUT2D eigenvalue weighted by atomic mass is 10.0. The Balaban J connectivity index is 4.18. The van der Waals surface area contributed by atoms with Gasteiger partial charge >= 0.3 is 11.9 Å². The van der Waals surface area contributed by atoms with E-state index in [4.69, 9.17) is 14.2 Å². The average Bonchev–Trinajstić information content (AvgIpc) is 3.30. The van der Waals surface area contributed by atoms with Crippen LogP contribution in [-0.2, 0) is 23.8 Å². The maximum atomic E-state index is 12.8. The molecule has 0 aromatic heterocycles. The monoisotopic (exact) mass is 901 g/mol. The molecule has 0 aromatic carbocycles. The van der Waals surface area contributed by atoms with Gasteiger partial charge in [0.2, 0.25) is 0 Å². The van der Waals surface area contributed by atoms with Crippen molar-refractivity contribution < 1.29 is 23.8 Å². The fourth-order valence-electron chi connectivity index (χ4n) is 8.66. The molecule has 0 aliphatic rings. The second kappa shape index (κ2) is 55.7. The minimum atomic E-state index is -0.530. The molecule has 0 aliphatic carbocycles. The van der Waals surface area contributed by atoms with Gasteiger partial charge in [0.1, 0.15) is 6.61 Å². The number of unbranched alkanes of at least 4 members (excludes halogenated alkanes) is 39. The van der Waals surface area contributed by atoms with Crippen LogP contribution in [0.3, 0.4) is 0 Å². The molecule has 0 saturated carbocycles. The molecule has 0 spiro atoms. The molecule has 0 bridgehead atoms. The number of carbonyl (C=O) groups excluding carboxylic acids is 2. The first-order valence-electron chi connectivity index (χ1n) is 28.9. The predicted octanol–water partition coefficient (Wildman–Crippen LogP) is 19.6. The van der Waals surface area contributed by atoms with Crippen molar-refractivity contribution in [3.63, 3.8) is 0 Å². The van der Waals surface area contributed by atoms with E-state index in [0.717, 1.165) is 38.5 Å². The van der Waals surface area contributed by atoms with Crippen LogP contribution in [0.1, 0.15) is 316 Å². The van der Waals surface area contributed by atoms with Crippen LogP contribution in [-0.4, -0.2) is 37.9 Å². The van der Waals surface area contributed by atoms with Crippen LogP contribution >= 0.6 is 0 Å². The molecule has 0 aromatic rings. The topological polar surface area (TPSA) is 61.8 Å². The number of allylic oxidation sites excluding steroid dienone is 4. The largest absolute Gasteiger partial charge is 0.462 e. The molecule has 0 saturated heterocycles. The molecule has 0 amide bonds. The van der Waals surface area contributed by atoms with E-state index in [0.29, 0.717) is 26.1 Å². The summed E-state index contributed by atoms with van der Waals surface area (Å²) in [6.45, 7) is 7.87. The second-order valence-corrected chi connectivity index (χ2v) is 19.6.